The zero-order valence-corrected chi connectivity index (χ0v) is 8.02. The van der Waals surface area contributed by atoms with Crippen molar-refractivity contribution in [2.24, 2.45) is 0 Å². The van der Waals surface area contributed by atoms with Crippen molar-refractivity contribution in [2.75, 3.05) is 5.75 Å². The summed E-state index contributed by atoms with van der Waals surface area (Å²) >= 11 is 0. The quantitative estimate of drug-likeness (QED) is 0.700. The molecule has 0 aliphatic carbocycles. The van der Waals surface area contributed by atoms with Crippen molar-refractivity contribution in [3.8, 4) is 0 Å². The molecule has 12 heavy (non-hydrogen) atoms. The summed E-state index contributed by atoms with van der Waals surface area (Å²) in [6.45, 7) is 1.77. The summed E-state index contributed by atoms with van der Waals surface area (Å²) in [7, 11) is 1.57. The van der Waals surface area contributed by atoms with E-state index in [9.17, 15) is 8.42 Å². The van der Waals surface area contributed by atoms with Gasteiger partial charge in [-0.25, -0.2) is 8.42 Å². The smallest absolute Gasteiger partial charge is 0.233 e. The zero-order chi connectivity index (χ0) is 9.19. The van der Waals surface area contributed by atoms with Crippen LogP contribution in [-0.2, 0) is 15.5 Å². The molecule has 0 fully saturated rings. The van der Waals surface area contributed by atoms with Crippen molar-refractivity contribution in [3.63, 3.8) is 0 Å². The first kappa shape index (κ1) is 9.54. The second-order valence-corrected chi connectivity index (χ2v) is 5.32. The number of hydrogen-bond acceptors (Lipinski definition) is 4. The number of halogens is 1. The summed E-state index contributed by atoms with van der Waals surface area (Å²) in [5, 5.41) is 3.60. The summed E-state index contributed by atoms with van der Waals surface area (Å²) in [5.41, 5.74) is 0.733. The highest BCUT2D eigenvalue weighted by Crippen LogP contribution is 2.06. The number of rotatable bonds is 3. The van der Waals surface area contributed by atoms with Gasteiger partial charge >= 0.3 is 0 Å². The average Bonchev–Trinajstić information content (AvgIpc) is 2.30. The zero-order valence-electron chi connectivity index (χ0n) is 6.45. The predicted octanol–water partition coefficient (Wildman–Crippen LogP) is 1.09. The fourth-order valence-corrected chi connectivity index (χ4v) is 1.43. The van der Waals surface area contributed by atoms with Gasteiger partial charge in [-0.15, -0.1) is 0 Å². The minimum atomic E-state index is -3.43. The molecular formula is C6H8ClNO3S. The predicted molar refractivity (Wildman–Crippen MR) is 44.6 cm³/mol. The number of aromatic nitrogens is 1. The van der Waals surface area contributed by atoms with Gasteiger partial charge in [-0.3, -0.25) is 0 Å². The molecule has 1 rings (SSSR count). The van der Waals surface area contributed by atoms with Crippen LogP contribution in [0.3, 0.4) is 0 Å². The fraction of sp³-hybridized carbons (Fsp3) is 0.500. The van der Waals surface area contributed by atoms with E-state index >= 15 is 0 Å². The van der Waals surface area contributed by atoms with Gasteiger partial charge in [0, 0.05) is 23.2 Å². The van der Waals surface area contributed by atoms with Gasteiger partial charge in [0.05, 0.1) is 11.4 Å². The lowest BCUT2D eigenvalue weighted by molar-refractivity contribution is 0.383. The van der Waals surface area contributed by atoms with E-state index in [4.69, 9.17) is 15.2 Å². The van der Waals surface area contributed by atoms with E-state index in [1.807, 2.05) is 0 Å². The van der Waals surface area contributed by atoms with Crippen LogP contribution in [0, 0.1) is 6.92 Å². The molecule has 0 atom stereocenters. The van der Waals surface area contributed by atoms with Crippen LogP contribution in [0.1, 0.15) is 11.5 Å². The van der Waals surface area contributed by atoms with Gasteiger partial charge in [0.25, 0.3) is 0 Å². The molecule has 1 heterocycles. The normalized spacial score (nSPS) is 11.8. The molecule has 0 bridgehead atoms. The minimum absolute atomic E-state index is 0.122. The molecule has 68 valence electrons. The first-order valence-electron chi connectivity index (χ1n) is 3.32. The Morgan fingerprint density at radius 1 is 1.67 bits per heavy atom. The highest BCUT2D eigenvalue weighted by Gasteiger charge is 2.08. The minimum Gasteiger partial charge on any atom is -0.361 e. The summed E-state index contributed by atoms with van der Waals surface area (Å²) < 4.78 is 25.8. The van der Waals surface area contributed by atoms with Crippen molar-refractivity contribution >= 4 is 19.7 Å². The maximum atomic E-state index is 10.5. The lowest BCUT2D eigenvalue weighted by Crippen LogP contribution is -1.99. The number of aryl methyl sites for hydroxylation is 2. The second kappa shape index (κ2) is 3.45. The maximum Gasteiger partial charge on any atom is 0.233 e. The summed E-state index contributed by atoms with van der Waals surface area (Å²) in [4.78, 5) is 0. The van der Waals surface area contributed by atoms with Crippen LogP contribution in [0.25, 0.3) is 0 Å². The van der Waals surface area contributed by atoms with Crippen LogP contribution >= 0.6 is 10.7 Å². The highest BCUT2D eigenvalue weighted by molar-refractivity contribution is 8.13. The molecular weight excluding hydrogens is 202 g/mol. The van der Waals surface area contributed by atoms with E-state index in [1.165, 1.54) is 0 Å². The van der Waals surface area contributed by atoms with Gasteiger partial charge < -0.3 is 4.52 Å². The van der Waals surface area contributed by atoms with Gasteiger partial charge in [-0.1, -0.05) is 5.16 Å². The Hall–Kier alpha value is -0.550. The summed E-state index contributed by atoms with van der Waals surface area (Å²) in [6, 6.07) is 1.68. The van der Waals surface area contributed by atoms with Crippen LogP contribution in [0.15, 0.2) is 10.6 Å². The molecule has 0 aliphatic heterocycles. The molecule has 6 heteroatoms. The van der Waals surface area contributed by atoms with Gasteiger partial charge in [0.15, 0.2) is 0 Å². The largest absolute Gasteiger partial charge is 0.361 e. The molecule has 0 radical (unpaired) electrons. The number of hydrogen-bond donors (Lipinski definition) is 0. The molecule has 0 aromatic carbocycles. The molecule has 4 nitrogen and oxygen atoms in total. The van der Waals surface area contributed by atoms with E-state index in [0.29, 0.717) is 5.76 Å². The summed E-state index contributed by atoms with van der Waals surface area (Å²) in [5.74, 6) is 0.417. The highest BCUT2D eigenvalue weighted by atomic mass is 35.7. The molecule has 0 N–H and O–H groups in total. The number of nitrogens with zero attached hydrogens (tertiary/aromatic N) is 1. The topological polar surface area (TPSA) is 60.2 Å². The van der Waals surface area contributed by atoms with Crippen LogP contribution in [0.2, 0.25) is 0 Å². The van der Waals surface area contributed by atoms with Crippen LogP contribution in [0.5, 0.6) is 0 Å². The Labute approximate surface area is 74.9 Å². The third-order valence-corrected chi connectivity index (χ3v) is 2.42. The monoisotopic (exact) mass is 209 g/mol. The molecule has 0 amide bonds. The van der Waals surface area contributed by atoms with E-state index in [1.54, 1.807) is 13.0 Å². The van der Waals surface area contributed by atoms with E-state index in [0.717, 1.165) is 5.69 Å². The molecule has 0 saturated carbocycles. The van der Waals surface area contributed by atoms with Crippen molar-refractivity contribution in [3.05, 3.63) is 17.5 Å². The third-order valence-electron chi connectivity index (χ3n) is 1.27. The van der Waals surface area contributed by atoms with Crippen molar-refractivity contribution in [1.82, 2.24) is 5.16 Å². The van der Waals surface area contributed by atoms with Crippen molar-refractivity contribution in [1.29, 1.82) is 0 Å². The molecule has 0 unspecified atom stereocenters. The van der Waals surface area contributed by atoms with Gasteiger partial charge in [-0.2, -0.15) is 0 Å². The van der Waals surface area contributed by atoms with Crippen LogP contribution < -0.4 is 0 Å². The second-order valence-electron chi connectivity index (χ2n) is 2.43. The standard InChI is InChI=1S/C6H8ClNO3S/c1-5-4-6(11-8-5)2-3-12(7,9)10/h4H,2-3H2,1H3. The Morgan fingerprint density at radius 2 is 2.33 bits per heavy atom. The van der Waals surface area contributed by atoms with Crippen molar-refractivity contribution in [2.45, 2.75) is 13.3 Å². The first-order chi connectivity index (χ1) is 5.47. The van der Waals surface area contributed by atoms with Gasteiger partial charge in [0.2, 0.25) is 9.05 Å². The fourth-order valence-electron chi connectivity index (χ4n) is 0.757. The van der Waals surface area contributed by atoms with E-state index in [-0.39, 0.29) is 12.2 Å². The SMILES string of the molecule is Cc1cc(CCS(=O)(=O)Cl)on1. The molecule has 1 aromatic heterocycles. The Balaban J connectivity index is 2.55. The Kier molecular flexibility index (Phi) is 2.74. The summed E-state index contributed by atoms with van der Waals surface area (Å²) in [6.07, 6.45) is 0.271. The van der Waals surface area contributed by atoms with Crippen molar-refractivity contribution < 1.29 is 12.9 Å². The van der Waals surface area contributed by atoms with Crippen LogP contribution in [-0.4, -0.2) is 19.3 Å². The van der Waals surface area contributed by atoms with Gasteiger partial charge in [-0.05, 0) is 6.92 Å². The Bertz CT molecular complexity index is 357. The molecule has 0 saturated heterocycles. The third kappa shape index (κ3) is 3.23. The first-order valence-corrected chi connectivity index (χ1v) is 5.80. The average molecular weight is 210 g/mol. The molecule has 0 aliphatic rings. The van der Waals surface area contributed by atoms with E-state index in [2.05, 4.69) is 5.16 Å². The lowest BCUT2D eigenvalue weighted by atomic mass is 10.3. The van der Waals surface area contributed by atoms with Crippen LogP contribution in [0.4, 0.5) is 0 Å². The maximum absolute atomic E-state index is 10.5. The molecule has 1 aromatic rings. The Morgan fingerprint density at radius 3 is 2.75 bits per heavy atom. The molecule has 0 spiro atoms. The lowest BCUT2D eigenvalue weighted by Gasteiger charge is -1.90. The van der Waals surface area contributed by atoms with Gasteiger partial charge in [0.1, 0.15) is 5.76 Å². The van der Waals surface area contributed by atoms with E-state index < -0.39 is 9.05 Å².